The van der Waals surface area contributed by atoms with Crippen molar-refractivity contribution in [2.75, 3.05) is 6.61 Å². The molecule has 0 spiro atoms. The quantitative estimate of drug-likeness (QED) is 0.144. The molecule has 160 valence electrons. The number of carbonyl (C=O) groups is 3. The number of rotatable bonds is 10. The van der Waals surface area contributed by atoms with E-state index in [9.17, 15) is 24.6 Å². The first-order valence-electron chi connectivity index (χ1n) is 6.90. The number of hydrogen-bond donors (Lipinski definition) is 10. The van der Waals surface area contributed by atoms with Gasteiger partial charge in [-0.25, -0.2) is 4.79 Å². The fourth-order valence-electron chi connectivity index (χ4n) is 1.32. The van der Waals surface area contributed by atoms with Crippen LogP contribution in [0.5, 0.6) is 0 Å². The van der Waals surface area contributed by atoms with Crippen LogP contribution >= 0.6 is 0 Å². The average molecular weight is 429 g/mol. The summed E-state index contributed by atoms with van der Waals surface area (Å²) in [4.78, 5) is 30.0. The number of aliphatic carboxylic acids is 3. The number of carboxylic acids is 3. The van der Waals surface area contributed by atoms with Crippen LogP contribution in [0.1, 0.15) is 0 Å². The van der Waals surface area contributed by atoms with Crippen LogP contribution in [0.15, 0.2) is 0 Å². The largest absolute Gasteiger partial charge is 2.00 e. The molecule has 0 unspecified atom stereocenters. The van der Waals surface area contributed by atoms with Gasteiger partial charge in [-0.1, -0.05) is 0 Å². The molecular weight excluding hydrogens is 408 g/mol. The fraction of sp³-hybridized carbons (Fsp3) is 0.750. The Morgan fingerprint density at radius 1 is 0.643 bits per heavy atom. The summed E-state index contributed by atoms with van der Waals surface area (Å²) in [6, 6.07) is 0. The molecule has 0 aliphatic rings. The van der Waals surface area contributed by atoms with E-state index >= 15 is 0 Å². The number of carbonyl (C=O) groups excluding carboxylic acids is 2. The summed E-state index contributed by atoms with van der Waals surface area (Å²) in [6.45, 7) is -0.863. The van der Waals surface area contributed by atoms with Gasteiger partial charge in [0, 0.05) is 0 Å². The third-order valence-corrected chi connectivity index (χ3v) is 2.99. The zero-order valence-electron chi connectivity index (χ0n) is 14.0. The van der Waals surface area contributed by atoms with Crippen LogP contribution in [-0.2, 0) is 14.4 Å². The van der Waals surface area contributed by atoms with Gasteiger partial charge in [0.1, 0.15) is 42.7 Å². The predicted molar refractivity (Wildman–Crippen MR) is 78.5 cm³/mol. The molecule has 0 bridgehead atoms. The van der Waals surface area contributed by atoms with Crippen LogP contribution in [0.2, 0.25) is 0 Å². The molecule has 0 aromatic rings. The van der Waals surface area contributed by atoms with Gasteiger partial charge in [0.15, 0.2) is 6.10 Å². The Labute approximate surface area is 172 Å². The number of aliphatic hydroxyl groups excluding tert-OH is 9. The Morgan fingerprint density at radius 3 is 1.18 bits per heavy atom. The van der Waals surface area contributed by atoms with Crippen LogP contribution in [0.4, 0.5) is 0 Å². The fourth-order valence-corrected chi connectivity index (χ4v) is 1.32. The van der Waals surface area contributed by atoms with E-state index in [2.05, 4.69) is 0 Å². The Morgan fingerprint density at radius 2 is 0.929 bits per heavy atom. The van der Waals surface area contributed by atoms with Crippen molar-refractivity contribution in [1.82, 2.24) is 0 Å². The van der Waals surface area contributed by atoms with E-state index in [1.165, 1.54) is 0 Å². The van der Waals surface area contributed by atoms with Gasteiger partial charge in [0.05, 0.1) is 18.5 Å². The summed E-state index contributed by atoms with van der Waals surface area (Å²) in [5.41, 5.74) is 0. The van der Waals surface area contributed by atoms with Gasteiger partial charge in [-0.2, -0.15) is 0 Å². The minimum atomic E-state index is -2.47. The van der Waals surface area contributed by atoms with E-state index in [-0.39, 0.29) is 23.1 Å². The molecule has 10 N–H and O–H groups in total. The minimum Gasteiger partial charge on any atom is -0.547 e. The van der Waals surface area contributed by atoms with Crippen LogP contribution in [0, 0.1) is 0 Å². The maximum Gasteiger partial charge on any atom is 2.00 e. The summed E-state index contributed by atoms with van der Waals surface area (Å²) in [5.74, 6) is -5.92. The van der Waals surface area contributed by atoms with Gasteiger partial charge >= 0.3 is 29.0 Å². The van der Waals surface area contributed by atoms with Crippen molar-refractivity contribution in [3.8, 4) is 0 Å². The van der Waals surface area contributed by atoms with Crippen molar-refractivity contribution in [2.45, 2.75) is 48.8 Å². The van der Waals surface area contributed by atoms with E-state index in [0.717, 1.165) is 0 Å². The first-order valence-corrected chi connectivity index (χ1v) is 6.90. The van der Waals surface area contributed by atoms with Crippen LogP contribution in [0.25, 0.3) is 0 Å². The summed E-state index contributed by atoms with van der Waals surface area (Å²) in [6.07, 6.45) is -17.6. The van der Waals surface area contributed by atoms with Crippen molar-refractivity contribution < 1.29 is 75.7 Å². The molecule has 0 aromatic carbocycles. The molecule has 0 heterocycles. The van der Waals surface area contributed by atoms with Crippen molar-refractivity contribution in [3.63, 3.8) is 0 Å². The van der Waals surface area contributed by atoms with Crippen molar-refractivity contribution >= 4 is 41.0 Å². The zero-order chi connectivity index (χ0) is 22.1. The second-order valence-electron chi connectivity index (χ2n) is 5.02. The molecule has 0 aliphatic heterocycles. The molecule has 0 fully saturated rings. The van der Waals surface area contributed by atoms with Crippen molar-refractivity contribution in [3.05, 3.63) is 0 Å². The van der Waals surface area contributed by atoms with Gasteiger partial charge in [0.25, 0.3) is 0 Å². The minimum absolute atomic E-state index is 0. The van der Waals surface area contributed by atoms with E-state index in [0.29, 0.717) is 0 Å². The van der Waals surface area contributed by atoms with Gasteiger partial charge in [-0.3, -0.25) is 0 Å². The topological polar surface area (TPSA) is 300 Å². The van der Waals surface area contributed by atoms with Crippen LogP contribution in [-0.4, -0.2) is 147 Å². The second kappa shape index (κ2) is 14.8. The molecular formula is C12H20MgO15. The second-order valence-corrected chi connectivity index (χ2v) is 5.02. The third kappa shape index (κ3) is 10.4. The smallest absolute Gasteiger partial charge is 0.547 e. The van der Waals surface area contributed by atoms with Crippen molar-refractivity contribution in [2.24, 2.45) is 0 Å². The van der Waals surface area contributed by atoms with Gasteiger partial charge < -0.3 is 70.9 Å². The summed E-state index contributed by atoms with van der Waals surface area (Å²) < 4.78 is 0. The van der Waals surface area contributed by atoms with Crippen LogP contribution < -0.4 is 10.2 Å². The maximum absolute atomic E-state index is 10.1. The van der Waals surface area contributed by atoms with Gasteiger partial charge in [-0.05, 0) is 0 Å². The molecule has 15 nitrogen and oxygen atoms in total. The summed E-state index contributed by atoms with van der Waals surface area (Å²) >= 11 is 0. The number of aliphatic hydroxyl groups is 9. The number of hydrogen-bond acceptors (Lipinski definition) is 14. The molecule has 0 aromatic heterocycles. The molecule has 0 rings (SSSR count). The first kappa shape index (κ1) is 31.5. The molecule has 0 aliphatic carbocycles. The van der Waals surface area contributed by atoms with Crippen molar-refractivity contribution in [1.29, 1.82) is 0 Å². The van der Waals surface area contributed by atoms with E-state index in [4.69, 9.17) is 51.1 Å². The maximum atomic E-state index is 10.1. The normalized spacial score (nSPS) is 19.2. The Hall–Kier alpha value is -1.18. The molecule has 0 saturated heterocycles. The molecule has 0 radical (unpaired) electrons. The van der Waals surface area contributed by atoms with Gasteiger partial charge in [-0.15, -0.1) is 0 Å². The SMILES string of the molecule is O=C([O-])[C@@H](O)[C@@H](O)[C@H](O)[C@@H](O)C(=O)O.O=C([O-])[C@H](O)[C@@H](O)[C@H](O)[C@H](O)CO.[Mg+2]. The molecule has 0 amide bonds. The predicted octanol–water partition coefficient (Wildman–Crippen LogP) is -9.94. The van der Waals surface area contributed by atoms with Gasteiger partial charge in [0.2, 0.25) is 0 Å². The molecule has 8 atom stereocenters. The standard InChI is InChI=1S/C6H10O8.C6H12O7.Mg/c7-1(3(9)5(11)12)2(8)4(10)6(13)14;7-1-2(8)3(9)4(10)5(11)6(12)13;/h1-4,7-10H,(H,11,12)(H,13,14);2-5,7-11H,1H2,(H,12,13);/q;;+2/p-2/t1-,2-,3-,4+;2-,3-,4+,5-;/m01./s1. The Balaban J connectivity index is -0.000000432. The zero-order valence-corrected chi connectivity index (χ0v) is 15.5. The number of carboxylic acid groups (broad SMARTS) is 3. The molecule has 16 heteroatoms. The summed E-state index contributed by atoms with van der Waals surface area (Å²) in [7, 11) is 0. The molecule has 28 heavy (non-hydrogen) atoms. The summed E-state index contributed by atoms with van der Waals surface area (Å²) in [5, 5.41) is 107. The average Bonchev–Trinajstić information content (AvgIpc) is 2.62. The van der Waals surface area contributed by atoms with Crippen LogP contribution in [0.3, 0.4) is 0 Å². The molecule has 0 saturated carbocycles. The monoisotopic (exact) mass is 428 g/mol. The van der Waals surface area contributed by atoms with E-state index in [1.54, 1.807) is 0 Å². The van der Waals surface area contributed by atoms with E-state index in [1.807, 2.05) is 0 Å². The third-order valence-electron chi connectivity index (χ3n) is 2.99. The Bertz CT molecular complexity index is 464. The first-order chi connectivity index (χ1) is 12.2. The Kier molecular flexibility index (Phi) is 16.6. The van der Waals surface area contributed by atoms with E-state index < -0.39 is 73.3 Å².